The van der Waals surface area contributed by atoms with Crippen LogP contribution >= 0.6 is 0 Å². The summed E-state index contributed by atoms with van der Waals surface area (Å²) in [5, 5.41) is 4.91. The predicted molar refractivity (Wildman–Crippen MR) is 247 cm³/mol. The summed E-state index contributed by atoms with van der Waals surface area (Å²) in [6.07, 6.45) is 0. The first-order valence-electron chi connectivity index (χ1n) is 20.4. The molecule has 0 atom stereocenters. The number of benzene rings is 9. The molecule has 1 aliphatic rings. The molecule has 0 radical (unpaired) electrons. The van der Waals surface area contributed by atoms with E-state index in [1.165, 1.54) is 66.2 Å². The van der Waals surface area contributed by atoms with Crippen LogP contribution in [0, 0.1) is 0 Å². The SMILES string of the molecule is CC1(C)c2cc3ccccc3cc2-c2cccc(-c3cccc(-c4ccc(-c5cc(-c6cccc(-c7ccccc7)c6)nc(-c6ccccc6)n5)c5ccccc45)c3)c21. The molecule has 0 bridgehead atoms. The number of hydrogen-bond donors (Lipinski definition) is 0. The standard InChI is InChI=1S/C57H40N2/c1-57(2)52-35-41-21-10-9-20-40(41)34-51(52)50-29-15-28-46(55(50)57)43-24-14-23-42(33-43)45-30-31-49(48-27-12-11-26-47(45)48)54-36-53(58-56(59-54)38-18-7-4-8-19-38)44-25-13-22-39(32-44)37-16-5-3-6-17-37/h3-36H,1-2H3. The Kier molecular flexibility index (Phi) is 8.20. The highest BCUT2D eigenvalue weighted by molar-refractivity contribution is 6.05. The lowest BCUT2D eigenvalue weighted by molar-refractivity contribution is 0.663. The largest absolute Gasteiger partial charge is 0.228 e. The third kappa shape index (κ3) is 5.96. The van der Waals surface area contributed by atoms with Crippen molar-refractivity contribution in [3.63, 3.8) is 0 Å². The van der Waals surface area contributed by atoms with Crippen molar-refractivity contribution in [2.24, 2.45) is 0 Å². The van der Waals surface area contributed by atoms with Gasteiger partial charge < -0.3 is 0 Å². The molecule has 1 aromatic heterocycles. The second-order valence-electron chi connectivity index (χ2n) is 16.2. The lowest BCUT2D eigenvalue weighted by Crippen LogP contribution is -2.16. The van der Waals surface area contributed by atoms with E-state index in [1.54, 1.807) is 0 Å². The molecule has 278 valence electrons. The minimum absolute atomic E-state index is 0.145. The first-order chi connectivity index (χ1) is 29.0. The van der Waals surface area contributed by atoms with Gasteiger partial charge in [0.25, 0.3) is 0 Å². The van der Waals surface area contributed by atoms with Crippen LogP contribution in [0.3, 0.4) is 0 Å². The molecule has 0 spiro atoms. The Labute approximate surface area is 345 Å². The van der Waals surface area contributed by atoms with Crippen molar-refractivity contribution in [2.45, 2.75) is 19.3 Å². The number of rotatable bonds is 6. The minimum atomic E-state index is -0.145. The highest BCUT2D eigenvalue weighted by atomic mass is 14.9. The number of nitrogens with zero attached hydrogens (tertiary/aromatic N) is 2. The molecule has 2 nitrogen and oxygen atoms in total. The zero-order valence-corrected chi connectivity index (χ0v) is 33.0. The van der Waals surface area contributed by atoms with Crippen molar-refractivity contribution >= 4 is 21.5 Å². The van der Waals surface area contributed by atoms with Gasteiger partial charge in [-0.05, 0) is 108 Å². The summed E-state index contributed by atoms with van der Waals surface area (Å²) < 4.78 is 0. The van der Waals surface area contributed by atoms with E-state index in [-0.39, 0.29) is 5.41 Å². The van der Waals surface area contributed by atoms with Crippen LogP contribution in [0.1, 0.15) is 25.0 Å². The van der Waals surface area contributed by atoms with Crippen molar-refractivity contribution < 1.29 is 0 Å². The molecular formula is C57H40N2. The van der Waals surface area contributed by atoms with E-state index >= 15 is 0 Å². The summed E-state index contributed by atoms with van der Waals surface area (Å²) in [6.45, 7) is 4.77. The van der Waals surface area contributed by atoms with E-state index in [2.05, 4.69) is 202 Å². The highest BCUT2D eigenvalue weighted by Gasteiger charge is 2.37. The predicted octanol–water partition coefficient (Wildman–Crippen LogP) is 15.1. The number of aromatic nitrogens is 2. The molecule has 1 heterocycles. The van der Waals surface area contributed by atoms with Gasteiger partial charge in [-0.3, -0.25) is 0 Å². The summed E-state index contributed by atoms with van der Waals surface area (Å²) in [4.78, 5) is 10.4. The Bertz CT molecular complexity index is 3230. The van der Waals surface area contributed by atoms with Crippen LogP contribution in [-0.4, -0.2) is 9.97 Å². The number of hydrogen-bond acceptors (Lipinski definition) is 2. The molecule has 9 aromatic carbocycles. The average Bonchev–Trinajstić information content (AvgIpc) is 3.53. The molecule has 0 saturated carbocycles. The maximum absolute atomic E-state index is 5.26. The van der Waals surface area contributed by atoms with E-state index < -0.39 is 0 Å². The lowest BCUT2D eigenvalue weighted by atomic mass is 9.78. The zero-order chi connectivity index (χ0) is 39.5. The Hall–Kier alpha value is -7.42. The lowest BCUT2D eigenvalue weighted by Gasteiger charge is -2.25. The fraction of sp³-hybridized carbons (Fsp3) is 0.0526. The molecular weight excluding hydrogens is 713 g/mol. The van der Waals surface area contributed by atoms with Gasteiger partial charge in [-0.2, -0.15) is 0 Å². The van der Waals surface area contributed by atoms with Gasteiger partial charge in [-0.1, -0.05) is 190 Å². The van der Waals surface area contributed by atoms with Crippen LogP contribution in [0.2, 0.25) is 0 Å². The molecule has 11 rings (SSSR count). The molecule has 59 heavy (non-hydrogen) atoms. The van der Waals surface area contributed by atoms with Gasteiger partial charge >= 0.3 is 0 Å². The summed E-state index contributed by atoms with van der Waals surface area (Å²) in [6, 6.07) is 74.3. The van der Waals surface area contributed by atoms with E-state index in [0.29, 0.717) is 5.82 Å². The van der Waals surface area contributed by atoms with Crippen LogP contribution < -0.4 is 0 Å². The van der Waals surface area contributed by atoms with Crippen molar-refractivity contribution in [1.29, 1.82) is 0 Å². The summed E-state index contributed by atoms with van der Waals surface area (Å²) in [5.41, 5.74) is 17.4. The molecule has 0 unspecified atom stereocenters. The number of fused-ring (bicyclic) bond motifs is 5. The Morgan fingerprint density at radius 2 is 0.847 bits per heavy atom. The van der Waals surface area contributed by atoms with Crippen LogP contribution in [-0.2, 0) is 5.41 Å². The second-order valence-corrected chi connectivity index (χ2v) is 16.2. The average molecular weight is 753 g/mol. The van der Waals surface area contributed by atoms with Crippen molar-refractivity contribution in [3.8, 4) is 78.4 Å². The molecule has 0 saturated heterocycles. The summed E-state index contributed by atoms with van der Waals surface area (Å²) >= 11 is 0. The topological polar surface area (TPSA) is 25.8 Å². The summed E-state index contributed by atoms with van der Waals surface area (Å²) in [5.74, 6) is 0.706. The maximum atomic E-state index is 5.26. The van der Waals surface area contributed by atoms with Gasteiger partial charge in [0.2, 0.25) is 0 Å². The first-order valence-corrected chi connectivity index (χ1v) is 20.4. The van der Waals surface area contributed by atoms with E-state index in [0.717, 1.165) is 39.0 Å². The normalized spacial score (nSPS) is 12.7. The third-order valence-corrected chi connectivity index (χ3v) is 12.2. The molecule has 0 amide bonds. The van der Waals surface area contributed by atoms with Gasteiger partial charge in [0.15, 0.2) is 5.82 Å². The molecule has 10 aromatic rings. The van der Waals surface area contributed by atoms with Crippen molar-refractivity contribution in [2.75, 3.05) is 0 Å². The molecule has 1 aliphatic carbocycles. The quantitative estimate of drug-likeness (QED) is 0.169. The van der Waals surface area contributed by atoms with Gasteiger partial charge in [0, 0.05) is 22.1 Å². The van der Waals surface area contributed by atoms with Gasteiger partial charge in [-0.15, -0.1) is 0 Å². The first kappa shape index (κ1) is 34.8. The monoisotopic (exact) mass is 752 g/mol. The summed E-state index contributed by atoms with van der Waals surface area (Å²) in [7, 11) is 0. The fourth-order valence-corrected chi connectivity index (χ4v) is 9.37. The van der Waals surface area contributed by atoms with Crippen LogP contribution in [0.5, 0.6) is 0 Å². The second kappa shape index (κ2) is 13.9. The smallest absolute Gasteiger partial charge is 0.160 e. The maximum Gasteiger partial charge on any atom is 0.160 e. The van der Waals surface area contributed by atoms with E-state index in [9.17, 15) is 0 Å². The molecule has 0 fully saturated rings. The Balaban J connectivity index is 1.03. The van der Waals surface area contributed by atoms with Crippen molar-refractivity contribution in [3.05, 3.63) is 217 Å². The molecule has 0 aliphatic heterocycles. The van der Waals surface area contributed by atoms with E-state index in [1.807, 2.05) is 18.2 Å². The zero-order valence-electron chi connectivity index (χ0n) is 33.0. The molecule has 2 heteroatoms. The minimum Gasteiger partial charge on any atom is -0.228 e. The van der Waals surface area contributed by atoms with Gasteiger partial charge in [-0.25, -0.2) is 9.97 Å². The van der Waals surface area contributed by atoms with Crippen LogP contribution in [0.25, 0.3) is 100.0 Å². The fourth-order valence-electron chi connectivity index (χ4n) is 9.37. The van der Waals surface area contributed by atoms with Crippen molar-refractivity contribution in [1.82, 2.24) is 9.97 Å². The van der Waals surface area contributed by atoms with Gasteiger partial charge in [0.1, 0.15) is 0 Å². The molecule has 0 N–H and O–H groups in total. The van der Waals surface area contributed by atoms with Crippen LogP contribution in [0.4, 0.5) is 0 Å². The Morgan fingerprint density at radius 3 is 1.61 bits per heavy atom. The van der Waals surface area contributed by atoms with Gasteiger partial charge in [0.05, 0.1) is 11.4 Å². The highest BCUT2D eigenvalue weighted by Crippen LogP contribution is 2.53. The van der Waals surface area contributed by atoms with Crippen LogP contribution in [0.15, 0.2) is 206 Å². The Morgan fingerprint density at radius 1 is 0.322 bits per heavy atom. The van der Waals surface area contributed by atoms with E-state index in [4.69, 9.17) is 9.97 Å². The third-order valence-electron chi connectivity index (χ3n) is 12.2.